The van der Waals surface area contributed by atoms with Crippen LogP contribution < -0.4 is 14.8 Å². The molecule has 2 N–H and O–H groups in total. The Labute approximate surface area is 145 Å². The first-order valence-corrected chi connectivity index (χ1v) is 9.07. The molecule has 0 saturated carbocycles. The van der Waals surface area contributed by atoms with Crippen LogP contribution in [0.4, 0.5) is 11.4 Å². The molecular weight excluding hydrogens is 346 g/mol. The SMILES string of the molecule is COc1cccc2c1CCN(c1cc([N+](=O)[O-])ccc1S(N)(=O)=O)C2. The van der Waals surface area contributed by atoms with Gasteiger partial charge >= 0.3 is 0 Å². The second-order valence-corrected chi connectivity index (χ2v) is 7.25. The van der Waals surface area contributed by atoms with E-state index in [0.29, 0.717) is 19.5 Å². The molecule has 1 aliphatic rings. The lowest BCUT2D eigenvalue weighted by Crippen LogP contribution is -2.32. The van der Waals surface area contributed by atoms with Gasteiger partial charge in [-0.3, -0.25) is 10.1 Å². The van der Waals surface area contributed by atoms with Gasteiger partial charge in [0.1, 0.15) is 10.6 Å². The monoisotopic (exact) mass is 363 g/mol. The highest BCUT2D eigenvalue weighted by Crippen LogP contribution is 2.34. The van der Waals surface area contributed by atoms with Crippen molar-refractivity contribution in [2.75, 3.05) is 18.6 Å². The number of rotatable bonds is 4. The molecule has 0 amide bonds. The maximum atomic E-state index is 11.9. The number of nitro groups is 1. The van der Waals surface area contributed by atoms with E-state index in [9.17, 15) is 18.5 Å². The van der Waals surface area contributed by atoms with Gasteiger partial charge in [-0.2, -0.15) is 0 Å². The average molecular weight is 363 g/mol. The third kappa shape index (κ3) is 3.28. The summed E-state index contributed by atoms with van der Waals surface area (Å²) in [5, 5.41) is 16.4. The van der Waals surface area contributed by atoms with Gasteiger partial charge in [-0.1, -0.05) is 12.1 Å². The molecule has 0 atom stereocenters. The van der Waals surface area contributed by atoms with Crippen molar-refractivity contribution in [3.63, 3.8) is 0 Å². The zero-order valence-corrected chi connectivity index (χ0v) is 14.3. The third-order valence-corrected chi connectivity index (χ3v) is 5.20. The van der Waals surface area contributed by atoms with Gasteiger partial charge in [-0.05, 0) is 24.1 Å². The van der Waals surface area contributed by atoms with Crippen LogP contribution >= 0.6 is 0 Å². The van der Waals surface area contributed by atoms with Gasteiger partial charge in [-0.15, -0.1) is 0 Å². The minimum absolute atomic E-state index is 0.121. The number of anilines is 1. The van der Waals surface area contributed by atoms with E-state index < -0.39 is 14.9 Å². The van der Waals surface area contributed by atoms with Crippen LogP contribution in [0.1, 0.15) is 11.1 Å². The fourth-order valence-electron chi connectivity index (χ4n) is 3.08. The van der Waals surface area contributed by atoms with Gasteiger partial charge in [-0.25, -0.2) is 13.6 Å². The van der Waals surface area contributed by atoms with E-state index in [2.05, 4.69) is 0 Å². The van der Waals surface area contributed by atoms with Crippen molar-refractivity contribution in [3.8, 4) is 5.75 Å². The molecule has 2 aromatic rings. The number of hydrogen-bond acceptors (Lipinski definition) is 6. The number of non-ortho nitro benzene ring substituents is 1. The summed E-state index contributed by atoms with van der Waals surface area (Å²) < 4.78 is 29.1. The first-order chi connectivity index (χ1) is 11.8. The molecule has 0 aliphatic carbocycles. The lowest BCUT2D eigenvalue weighted by Gasteiger charge is -2.32. The Kier molecular flexibility index (Phi) is 4.36. The first-order valence-electron chi connectivity index (χ1n) is 7.52. The molecule has 0 bridgehead atoms. The number of hydrogen-bond donors (Lipinski definition) is 1. The molecule has 0 radical (unpaired) electrons. The third-order valence-electron chi connectivity index (χ3n) is 4.24. The van der Waals surface area contributed by atoms with Crippen LogP contribution in [0.3, 0.4) is 0 Å². The van der Waals surface area contributed by atoms with E-state index in [1.807, 2.05) is 18.2 Å². The van der Waals surface area contributed by atoms with E-state index in [1.54, 1.807) is 12.0 Å². The molecule has 0 aromatic heterocycles. The average Bonchev–Trinajstić information content (AvgIpc) is 2.59. The molecule has 8 nitrogen and oxygen atoms in total. The standard InChI is InChI=1S/C16H17N3O5S/c1-24-15-4-2-3-11-10-18(8-7-13(11)15)14-9-12(19(20)21)5-6-16(14)25(17,22)23/h2-6,9H,7-8,10H2,1H3,(H2,17,22,23). The van der Waals surface area contributed by atoms with E-state index in [0.717, 1.165) is 22.9 Å². The number of nitrogens with two attached hydrogens (primary N) is 1. The molecule has 25 heavy (non-hydrogen) atoms. The highest BCUT2D eigenvalue weighted by molar-refractivity contribution is 7.89. The lowest BCUT2D eigenvalue weighted by molar-refractivity contribution is -0.384. The van der Waals surface area contributed by atoms with Crippen LogP contribution in [-0.4, -0.2) is 27.0 Å². The molecule has 1 heterocycles. The van der Waals surface area contributed by atoms with Crippen LogP contribution in [-0.2, 0) is 23.0 Å². The van der Waals surface area contributed by atoms with Crippen molar-refractivity contribution in [3.05, 3.63) is 57.6 Å². The number of primary sulfonamides is 1. The van der Waals surface area contributed by atoms with Crippen LogP contribution in [0.2, 0.25) is 0 Å². The Morgan fingerprint density at radius 3 is 2.68 bits per heavy atom. The van der Waals surface area contributed by atoms with Crippen LogP contribution in [0.15, 0.2) is 41.3 Å². The summed E-state index contributed by atoms with van der Waals surface area (Å²) in [6.45, 7) is 0.910. The maximum Gasteiger partial charge on any atom is 0.271 e. The van der Waals surface area contributed by atoms with Gasteiger partial charge in [0.2, 0.25) is 10.0 Å². The topological polar surface area (TPSA) is 116 Å². The summed E-state index contributed by atoms with van der Waals surface area (Å²) in [7, 11) is -2.41. The largest absolute Gasteiger partial charge is 0.496 e. The summed E-state index contributed by atoms with van der Waals surface area (Å²) in [5.41, 5.74) is 2.10. The quantitative estimate of drug-likeness (QED) is 0.654. The fourth-order valence-corrected chi connectivity index (χ4v) is 3.82. The van der Waals surface area contributed by atoms with Gasteiger partial charge in [0.25, 0.3) is 5.69 Å². The minimum atomic E-state index is -4.00. The van der Waals surface area contributed by atoms with Crippen LogP contribution in [0.5, 0.6) is 5.75 Å². The van der Waals surface area contributed by atoms with Gasteiger partial charge in [0, 0.05) is 30.8 Å². The number of fused-ring (bicyclic) bond motifs is 1. The summed E-state index contributed by atoms with van der Waals surface area (Å²) >= 11 is 0. The van der Waals surface area contributed by atoms with Crippen molar-refractivity contribution >= 4 is 21.4 Å². The smallest absolute Gasteiger partial charge is 0.271 e. The molecule has 0 saturated heterocycles. The van der Waals surface area contributed by atoms with Gasteiger partial charge < -0.3 is 9.64 Å². The molecule has 132 valence electrons. The second kappa shape index (κ2) is 6.34. The van der Waals surface area contributed by atoms with E-state index in [-0.39, 0.29) is 16.3 Å². The van der Waals surface area contributed by atoms with Gasteiger partial charge in [0.05, 0.1) is 17.7 Å². The number of ether oxygens (including phenoxy) is 1. The summed E-state index contributed by atoms with van der Waals surface area (Å²) in [6, 6.07) is 9.24. The van der Waals surface area contributed by atoms with E-state index in [1.165, 1.54) is 12.1 Å². The maximum absolute atomic E-state index is 11.9. The summed E-state index contributed by atoms with van der Waals surface area (Å²) in [5.74, 6) is 0.780. The molecule has 0 unspecified atom stereocenters. The number of methoxy groups -OCH3 is 1. The van der Waals surface area contributed by atoms with Crippen molar-refractivity contribution < 1.29 is 18.1 Å². The predicted molar refractivity (Wildman–Crippen MR) is 92.2 cm³/mol. The Bertz CT molecular complexity index is 943. The van der Waals surface area contributed by atoms with Crippen molar-refractivity contribution in [2.24, 2.45) is 5.14 Å². The number of sulfonamides is 1. The highest BCUT2D eigenvalue weighted by atomic mass is 32.2. The molecule has 9 heteroatoms. The zero-order valence-electron chi connectivity index (χ0n) is 13.5. The van der Waals surface area contributed by atoms with E-state index in [4.69, 9.17) is 9.88 Å². The molecule has 2 aromatic carbocycles. The fraction of sp³-hybridized carbons (Fsp3) is 0.250. The Balaban J connectivity index is 2.07. The predicted octanol–water partition coefficient (Wildman–Crippen LogP) is 1.81. The molecule has 0 fully saturated rings. The number of nitrogens with zero attached hydrogens (tertiary/aromatic N) is 2. The molecule has 3 rings (SSSR count). The number of nitro benzene ring substituents is 1. The molecule has 1 aliphatic heterocycles. The van der Waals surface area contributed by atoms with Crippen molar-refractivity contribution in [1.82, 2.24) is 0 Å². The first kappa shape index (κ1) is 17.2. The van der Waals surface area contributed by atoms with Gasteiger partial charge in [0.15, 0.2) is 0 Å². The van der Waals surface area contributed by atoms with E-state index >= 15 is 0 Å². The lowest BCUT2D eigenvalue weighted by atomic mass is 9.98. The van der Waals surface area contributed by atoms with Crippen LogP contribution in [0.25, 0.3) is 0 Å². The summed E-state index contributed by atoms with van der Waals surface area (Å²) in [4.78, 5) is 12.2. The second-order valence-electron chi connectivity index (χ2n) is 5.72. The molecular formula is C16H17N3O5S. The Hall–Kier alpha value is -2.65. The molecule has 0 spiro atoms. The number of benzene rings is 2. The van der Waals surface area contributed by atoms with Crippen molar-refractivity contribution in [1.29, 1.82) is 0 Å². The summed E-state index contributed by atoms with van der Waals surface area (Å²) in [6.07, 6.45) is 0.631. The minimum Gasteiger partial charge on any atom is -0.496 e. The normalized spacial score (nSPS) is 14.1. The Morgan fingerprint density at radius 1 is 1.28 bits per heavy atom. The van der Waals surface area contributed by atoms with Crippen molar-refractivity contribution in [2.45, 2.75) is 17.9 Å². The zero-order chi connectivity index (χ0) is 18.2. The van der Waals surface area contributed by atoms with Crippen LogP contribution in [0, 0.1) is 10.1 Å². The highest BCUT2D eigenvalue weighted by Gasteiger charge is 2.26. The Morgan fingerprint density at radius 2 is 2.04 bits per heavy atom.